The van der Waals surface area contributed by atoms with Crippen LogP contribution in [0.4, 0.5) is 11.4 Å². The highest BCUT2D eigenvalue weighted by Crippen LogP contribution is 2.37. The van der Waals surface area contributed by atoms with Crippen LogP contribution in [0.1, 0.15) is 229 Å². The first kappa shape index (κ1) is 61.8. The Balaban J connectivity index is 0.000000281. The molecule has 0 aliphatic carbocycles. The molecule has 0 saturated heterocycles. The molecule has 2 nitrogen and oxygen atoms in total. The van der Waals surface area contributed by atoms with E-state index in [4.69, 9.17) is 0 Å². The molecule has 0 saturated carbocycles. The molecule has 2 unspecified atom stereocenters. The van der Waals surface area contributed by atoms with Crippen molar-refractivity contribution in [3.05, 3.63) is 199 Å². The second-order valence-corrected chi connectivity index (χ2v) is 29.8. The Hall–Kier alpha value is -5.08. The van der Waals surface area contributed by atoms with Gasteiger partial charge in [0.1, 0.15) is 0 Å². The van der Waals surface area contributed by atoms with Crippen LogP contribution in [0.3, 0.4) is 0 Å². The molecule has 412 valence electrons. The largest absolute Gasteiger partial charge is 0.381 e. The second-order valence-electron chi connectivity index (χ2n) is 29.8. The minimum absolute atomic E-state index is 0.128. The lowest BCUT2D eigenvalue weighted by Gasteiger charge is -2.30. The predicted molar refractivity (Wildman–Crippen MR) is 337 cm³/mol. The molecule has 6 aromatic rings. The van der Waals surface area contributed by atoms with Gasteiger partial charge in [-0.15, -0.1) is 0 Å². The molecule has 0 amide bonds. The summed E-state index contributed by atoms with van der Waals surface area (Å²) in [7, 11) is 0. The Morgan fingerprint density at radius 2 is 0.697 bits per heavy atom. The van der Waals surface area contributed by atoms with Gasteiger partial charge in [-0.05, 0) is 199 Å². The average Bonchev–Trinajstić information content (AvgIpc) is 3.27. The first-order valence-electron chi connectivity index (χ1n) is 29.1. The number of benzene rings is 6. The van der Waals surface area contributed by atoms with Crippen molar-refractivity contribution in [2.45, 2.75) is 226 Å². The van der Waals surface area contributed by atoms with E-state index in [1.54, 1.807) is 0 Å². The van der Waals surface area contributed by atoms with Crippen molar-refractivity contribution in [3.63, 3.8) is 0 Å². The SMILES string of the molecule is Cc1c(C(C)(C)C)cc(CNc2ccc(Cc3cccc(CC(C)CC(C)(C)C)c3)cc2)cc1C(C)(C)C.Cc1c(C(C)(C)C)cc(CNc2ccc(Cc3ccccc3CC(C)CC(C)(C)C)cc2)cc1C(C)(C)C. The van der Waals surface area contributed by atoms with E-state index < -0.39 is 0 Å². The Morgan fingerprint density at radius 3 is 1.08 bits per heavy atom. The molecular weight excluding hydrogens is 917 g/mol. The summed E-state index contributed by atoms with van der Waals surface area (Å²) in [5.41, 5.74) is 23.5. The molecule has 76 heavy (non-hydrogen) atoms. The van der Waals surface area contributed by atoms with Crippen molar-refractivity contribution in [1.29, 1.82) is 0 Å². The third-order valence-corrected chi connectivity index (χ3v) is 15.1. The van der Waals surface area contributed by atoms with Gasteiger partial charge in [0, 0.05) is 24.5 Å². The second kappa shape index (κ2) is 25.1. The van der Waals surface area contributed by atoms with Crippen LogP contribution < -0.4 is 10.6 Å². The van der Waals surface area contributed by atoms with Crippen molar-refractivity contribution in [2.24, 2.45) is 22.7 Å². The first-order valence-corrected chi connectivity index (χ1v) is 29.1. The maximum absolute atomic E-state index is 3.69. The lowest BCUT2D eigenvalue weighted by atomic mass is 9.76. The van der Waals surface area contributed by atoms with Crippen molar-refractivity contribution >= 4 is 11.4 Å². The minimum atomic E-state index is 0.128. The van der Waals surface area contributed by atoms with E-state index in [9.17, 15) is 0 Å². The van der Waals surface area contributed by atoms with Crippen molar-refractivity contribution < 1.29 is 0 Å². The lowest BCUT2D eigenvalue weighted by molar-refractivity contribution is 0.305. The van der Waals surface area contributed by atoms with Crippen LogP contribution in [0.5, 0.6) is 0 Å². The molecule has 0 radical (unpaired) electrons. The zero-order valence-electron chi connectivity index (χ0n) is 52.4. The van der Waals surface area contributed by atoms with Crippen molar-refractivity contribution in [1.82, 2.24) is 0 Å². The summed E-state index contributed by atoms with van der Waals surface area (Å²) in [5, 5.41) is 7.37. The number of rotatable bonds is 16. The summed E-state index contributed by atoms with van der Waals surface area (Å²) in [6.07, 6.45) is 6.77. The van der Waals surface area contributed by atoms with Crippen LogP contribution in [-0.4, -0.2) is 0 Å². The predicted octanol–water partition coefficient (Wildman–Crippen LogP) is 20.8. The molecule has 0 fully saturated rings. The molecule has 2 heteroatoms. The van der Waals surface area contributed by atoms with Gasteiger partial charge in [0.25, 0.3) is 0 Å². The number of hydrogen-bond donors (Lipinski definition) is 2. The fraction of sp³-hybridized carbons (Fsp3) is 0.514. The maximum atomic E-state index is 3.69. The third kappa shape index (κ3) is 19.4. The lowest BCUT2D eigenvalue weighted by Crippen LogP contribution is -2.20. The molecule has 0 aliphatic heterocycles. The quantitative estimate of drug-likeness (QED) is 0.101. The third-order valence-electron chi connectivity index (χ3n) is 15.1. The van der Waals surface area contributed by atoms with Crippen LogP contribution in [0.15, 0.2) is 121 Å². The molecular formula is C74H106N2. The smallest absolute Gasteiger partial charge is 0.0400 e. The number of nitrogens with one attached hydrogen (secondary N) is 2. The van der Waals surface area contributed by atoms with Gasteiger partial charge >= 0.3 is 0 Å². The zero-order valence-corrected chi connectivity index (χ0v) is 52.4. The topological polar surface area (TPSA) is 24.1 Å². The van der Waals surface area contributed by atoms with E-state index in [-0.39, 0.29) is 21.7 Å². The van der Waals surface area contributed by atoms with E-state index in [0.29, 0.717) is 22.7 Å². The van der Waals surface area contributed by atoms with Crippen LogP contribution in [-0.2, 0) is 60.4 Å². The summed E-state index contributed by atoms with van der Waals surface area (Å²) in [6, 6.07) is 45.9. The van der Waals surface area contributed by atoms with Gasteiger partial charge in [0.05, 0.1) is 0 Å². The van der Waals surface area contributed by atoms with Crippen LogP contribution in [0, 0.1) is 36.5 Å². The van der Waals surface area contributed by atoms with Gasteiger partial charge < -0.3 is 10.6 Å². The Kier molecular flexibility index (Phi) is 20.4. The van der Waals surface area contributed by atoms with Crippen LogP contribution >= 0.6 is 0 Å². The van der Waals surface area contributed by atoms with Gasteiger partial charge in [-0.3, -0.25) is 0 Å². The summed E-state index contributed by atoms with van der Waals surface area (Å²) in [5.74, 6) is 1.38. The average molecular weight is 1020 g/mol. The summed E-state index contributed by atoms with van der Waals surface area (Å²) >= 11 is 0. The normalized spacial score (nSPS) is 13.4. The molecule has 0 spiro atoms. The summed E-state index contributed by atoms with van der Waals surface area (Å²) in [4.78, 5) is 0. The fourth-order valence-electron chi connectivity index (χ4n) is 12.0. The van der Waals surface area contributed by atoms with E-state index in [1.807, 2.05) is 0 Å². The van der Waals surface area contributed by atoms with Crippen molar-refractivity contribution in [2.75, 3.05) is 10.6 Å². The van der Waals surface area contributed by atoms with Gasteiger partial charge in [-0.1, -0.05) is 236 Å². The molecule has 2 atom stereocenters. The van der Waals surface area contributed by atoms with E-state index in [1.165, 1.54) is 102 Å². The minimum Gasteiger partial charge on any atom is -0.381 e. The van der Waals surface area contributed by atoms with Crippen molar-refractivity contribution in [3.8, 4) is 0 Å². The van der Waals surface area contributed by atoms with Crippen LogP contribution in [0.25, 0.3) is 0 Å². The highest BCUT2D eigenvalue weighted by molar-refractivity contribution is 5.51. The Labute approximate surface area is 467 Å². The monoisotopic (exact) mass is 1020 g/mol. The van der Waals surface area contributed by atoms with E-state index in [0.717, 1.165) is 38.8 Å². The molecule has 2 N–H and O–H groups in total. The Morgan fingerprint density at radius 1 is 0.342 bits per heavy atom. The standard InChI is InChI=1S/2C37H53N/c1-26(24-35(3,4)5)19-29-13-12-14-30(21-29)20-28-15-17-32(18-16-28)38-25-31-22-33(36(6,7)8)27(2)34(23-31)37(9,10)11;1-26(24-35(3,4)5)20-30-14-12-13-15-31(30)21-28-16-18-32(19-17-28)38-25-29-22-33(36(6,7)8)27(2)34(23-29)37(9,10)11/h12-18,21-23,26,38H,19-20,24-25H2,1-11H3;12-19,22-23,26,38H,20-21,24-25H2,1-11H3. The van der Waals surface area contributed by atoms with E-state index >= 15 is 0 Å². The zero-order chi connectivity index (χ0) is 56.6. The highest BCUT2D eigenvalue weighted by Gasteiger charge is 2.26. The van der Waals surface area contributed by atoms with Gasteiger partial charge in [0.15, 0.2) is 0 Å². The maximum Gasteiger partial charge on any atom is 0.0400 e. The van der Waals surface area contributed by atoms with Crippen LogP contribution in [0.2, 0.25) is 0 Å². The summed E-state index contributed by atoms with van der Waals surface area (Å²) < 4.78 is 0. The number of anilines is 2. The fourth-order valence-corrected chi connectivity index (χ4v) is 12.0. The van der Waals surface area contributed by atoms with Gasteiger partial charge in [0.2, 0.25) is 0 Å². The summed E-state index contributed by atoms with van der Waals surface area (Å²) in [6.45, 7) is 52.9. The van der Waals surface area contributed by atoms with Gasteiger partial charge in [-0.25, -0.2) is 0 Å². The first-order chi connectivity index (χ1) is 35.0. The van der Waals surface area contributed by atoms with E-state index in [2.05, 4.69) is 284 Å². The van der Waals surface area contributed by atoms with Gasteiger partial charge in [-0.2, -0.15) is 0 Å². The molecule has 0 heterocycles. The molecule has 0 aromatic heterocycles. The molecule has 6 rings (SSSR count). The highest BCUT2D eigenvalue weighted by atomic mass is 14.9. The number of hydrogen-bond acceptors (Lipinski definition) is 2. The Bertz CT molecular complexity index is 2710. The molecule has 6 aromatic carbocycles. The molecule has 0 bridgehead atoms. The molecule has 0 aliphatic rings.